The third kappa shape index (κ3) is 21.6. The molecule has 0 saturated heterocycles. The smallest absolute Gasteiger partial charge is 0.343 e. The molecule has 2 aromatic carbocycles. The molecule has 0 N–H and O–H groups in total. The summed E-state index contributed by atoms with van der Waals surface area (Å²) < 4.78 is 26.8. The highest BCUT2D eigenvalue weighted by Crippen LogP contribution is 2.28. The Morgan fingerprint density at radius 1 is 0.673 bits per heavy atom. The van der Waals surface area contributed by atoms with Crippen molar-refractivity contribution in [1.29, 1.82) is 0 Å². The number of rotatable bonds is 33. The molecule has 0 bridgehead atoms. The van der Waals surface area contributed by atoms with Crippen molar-refractivity contribution in [3.8, 4) is 17.2 Å². The molecule has 9 heteroatoms. The highest BCUT2D eigenvalue weighted by molar-refractivity contribution is 5.98. The van der Waals surface area contributed by atoms with Crippen molar-refractivity contribution >= 4 is 23.8 Å². The zero-order chi connectivity index (χ0) is 37.5. The molecule has 52 heavy (non-hydrogen) atoms. The van der Waals surface area contributed by atoms with Gasteiger partial charge in [0, 0.05) is 31.0 Å². The van der Waals surface area contributed by atoms with E-state index in [9.17, 15) is 14.4 Å². The van der Waals surface area contributed by atoms with Gasteiger partial charge in [-0.3, -0.25) is 14.6 Å². The first-order valence-electron chi connectivity index (χ1n) is 19.7. The molecule has 0 spiro atoms. The standard InChI is InChI=1S/C43H65NO8/c1-4-5-6-7-8-9-10-11-12-13-14-15-16-17-18-21-38(45)22-19-31-51-39-26-23-36(24-27-39)34-50-30-20-29-44-33-40(46)37-25-28-41(48-2)42(32-37)52-35-43(47)49-3/h23-29,32H,4-22,30-31,33-35H2,1-3H3. The molecular weight excluding hydrogens is 658 g/mol. The molecular formula is C43H65NO8. The van der Waals surface area contributed by atoms with E-state index >= 15 is 0 Å². The van der Waals surface area contributed by atoms with Crippen molar-refractivity contribution < 1.29 is 38.1 Å². The fourth-order valence-electron chi connectivity index (χ4n) is 5.77. The molecule has 0 aliphatic carbocycles. The van der Waals surface area contributed by atoms with Crippen LogP contribution in [0.4, 0.5) is 0 Å². The normalized spacial score (nSPS) is 11.1. The number of methoxy groups -OCH3 is 2. The molecule has 0 aliphatic heterocycles. The minimum Gasteiger partial charge on any atom is -0.494 e. The molecule has 0 aliphatic rings. The van der Waals surface area contributed by atoms with E-state index in [0.29, 0.717) is 56.2 Å². The number of carbonyl (C=O) groups excluding carboxylic acids is 3. The van der Waals surface area contributed by atoms with Crippen LogP contribution in [0.3, 0.4) is 0 Å². The number of nitrogens with zero attached hydrogens (tertiary/aromatic N) is 1. The van der Waals surface area contributed by atoms with Gasteiger partial charge in [0.1, 0.15) is 18.1 Å². The van der Waals surface area contributed by atoms with Gasteiger partial charge < -0.3 is 23.7 Å². The van der Waals surface area contributed by atoms with Crippen LogP contribution in [-0.2, 0) is 25.7 Å². The SMILES string of the molecule is CCCCCCCCCCCCCCCCCC(=O)CCCOc1ccc(COCCC=NCC(=O)c2ccc(OC)c(OCC(=O)OC)c2)cc1. The molecule has 2 rings (SSSR count). The molecule has 0 aromatic heterocycles. The van der Waals surface area contributed by atoms with Gasteiger partial charge in [-0.25, -0.2) is 4.79 Å². The van der Waals surface area contributed by atoms with Crippen LogP contribution in [0.25, 0.3) is 0 Å². The summed E-state index contributed by atoms with van der Waals surface area (Å²) in [4.78, 5) is 40.5. The molecule has 0 saturated carbocycles. The Morgan fingerprint density at radius 2 is 1.29 bits per heavy atom. The fraction of sp³-hybridized carbons (Fsp3) is 0.628. The second kappa shape index (κ2) is 29.8. The molecule has 290 valence electrons. The Balaban J connectivity index is 1.45. The summed E-state index contributed by atoms with van der Waals surface area (Å²) >= 11 is 0. The number of unbranched alkanes of at least 4 members (excludes halogenated alkanes) is 14. The van der Waals surface area contributed by atoms with Crippen molar-refractivity contribution in [2.24, 2.45) is 4.99 Å². The van der Waals surface area contributed by atoms with E-state index in [1.54, 1.807) is 18.3 Å². The molecule has 0 radical (unpaired) electrons. The largest absolute Gasteiger partial charge is 0.494 e. The average molecular weight is 724 g/mol. The van der Waals surface area contributed by atoms with Crippen molar-refractivity contribution in [2.45, 2.75) is 136 Å². The molecule has 0 fully saturated rings. The molecule has 0 amide bonds. The monoisotopic (exact) mass is 723 g/mol. The highest BCUT2D eigenvalue weighted by atomic mass is 16.6. The van der Waals surface area contributed by atoms with Gasteiger partial charge in [-0.05, 0) is 48.7 Å². The Kier molecular flexibility index (Phi) is 25.5. The number of carbonyl (C=O) groups is 3. The Hall–Kier alpha value is -3.72. The second-order valence-electron chi connectivity index (χ2n) is 13.4. The van der Waals surface area contributed by atoms with Crippen molar-refractivity contribution in [3.05, 3.63) is 53.6 Å². The van der Waals surface area contributed by atoms with Gasteiger partial charge in [-0.15, -0.1) is 0 Å². The third-order valence-electron chi connectivity index (χ3n) is 8.93. The predicted octanol–water partition coefficient (Wildman–Crippen LogP) is 10.1. The zero-order valence-corrected chi connectivity index (χ0v) is 32.3. The quantitative estimate of drug-likeness (QED) is 0.0310. The Bertz CT molecular complexity index is 1280. The summed E-state index contributed by atoms with van der Waals surface area (Å²) in [6.45, 7) is 3.43. The van der Waals surface area contributed by atoms with E-state index in [1.807, 2.05) is 24.3 Å². The number of ether oxygens (including phenoxy) is 5. The van der Waals surface area contributed by atoms with Crippen molar-refractivity contribution in [3.63, 3.8) is 0 Å². The maximum Gasteiger partial charge on any atom is 0.343 e. The molecule has 2 aromatic rings. The van der Waals surface area contributed by atoms with Crippen LogP contribution < -0.4 is 14.2 Å². The van der Waals surface area contributed by atoms with Crippen LogP contribution >= 0.6 is 0 Å². The first kappa shape index (κ1) is 44.4. The average Bonchev–Trinajstić information content (AvgIpc) is 3.16. The van der Waals surface area contributed by atoms with E-state index < -0.39 is 5.97 Å². The lowest BCUT2D eigenvalue weighted by atomic mass is 10.0. The summed E-state index contributed by atoms with van der Waals surface area (Å²) in [5.41, 5.74) is 1.43. The van der Waals surface area contributed by atoms with E-state index in [-0.39, 0.29) is 24.7 Å². The Labute approximate surface area is 313 Å². The number of aliphatic imine (C=N–C) groups is 1. The minimum absolute atomic E-state index is 0.0159. The number of benzene rings is 2. The summed E-state index contributed by atoms with van der Waals surface area (Å²) in [6, 6.07) is 12.6. The van der Waals surface area contributed by atoms with Crippen molar-refractivity contribution in [2.75, 3.05) is 40.6 Å². The second-order valence-corrected chi connectivity index (χ2v) is 13.4. The first-order chi connectivity index (χ1) is 25.5. The van der Waals surface area contributed by atoms with E-state index in [0.717, 1.165) is 30.6 Å². The topological polar surface area (TPSA) is 110 Å². The van der Waals surface area contributed by atoms with E-state index in [2.05, 4.69) is 16.7 Å². The number of esters is 1. The minimum atomic E-state index is -0.535. The predicted molar refractivity (Wildman–Crippen MR) is 208 cm³/mol. The number of hydrogen-bond donors (Lipinski definition) is 0. The summed E-state index contributed by atoms with van der Waals surface area (Å²) in [7, 11) is 2.75. The fourth-order valence-corrected chi connectivity index (χ4v) is 5.77. The number of hydrogen-bond acceptors (Lipinski definition) is 9. The van der Waals surface area contributed by atoms with Gasteiger partial charge in [0.05, 0.1) is 34.0 Å². The highest BCUT2D eigenvalue weighted by Gasteiger charge is 2.13. The first-order valence-corrected chi connectivity index (χ1v) is 19.7. The van der Waals surface area contributed by atoms with Gasteiger partial charge in [-0.1, -0.05) is 109 Å². The van der Waals surface area contributed by atoms with Crippen LogP contribution in [0.5, 0.6) is 17.2 Å². The summed E-state index contributed by atoms with van der Waals surface area (Å²) in [5, 5.41) is 0. The molecule has 0 heterocycles. The van der Waals surface area contributed by atoms with Gasteiger partial charge in [0.25, 0.3) is 0 Å². The van der Waals surface area contributed by atoms with Crippen LogP contribution in [0.2, 0.25) is 0 Å². The maximum absolute atomic E-state index is 12.6. The van der Waals surface area contributed by atoms with Crippen LogP contribution in [0.1, 0.15) is 145 Å². The van der Waals surface area contributed by atoms with Crippen LogP contribution in [0.15, 0.2) is 47.5 Å². The summed E-state index contributed by atoms with van der Waals surface area (Å²) in [6.07, 6.45) is 24.3. The molecule has 0 unspecified atom stereocenters. The van der Waals surface area contributed by atoms with Crippen LogP contribution in [-0.4, -0.2) is 64.3 Å². The van der Waals surface area contributed by atoms with E-state index in [4.69, 9.17) is 18.9 Å². The Morgan fingerprint density at radius 3 is 1.90 bits per heavy atom. The molecule has 9 nitrogen and oxygen atoms in total. The van der Waals surface area contributed by atoms with Gasteiger partial charge >= 0.3 is 5.97 Å². The lowest BCUT2D eigenvalue weighted by Gasteiger charge is -2.11. The van der Waals surface area contributed by atoms with Crippen LogP contribution in [0, 0.1) is 0 Å². The number of ketones is 2. The van der Waals surface area contributed by atoms with Gasteiger partial charge in [0.2, 0.25) is 0 Å². The lowest BCUT2D eigenvalue weighted by Crippen LogP contribution is -2.13. The van der Waals surface area contributed by atoms with Gasteiger partial charge in [-0.2, -0.15) is 0 Å². The third-order valence-corrected chi connectivity index (χ3v) is 8.93. The molecule has 0 atom stereocenters. The van der Waals surface area contributed by atoms with E-state index in [1.165, 1.54) is 104 Å². The maximum atomic E-state index is 12.6. The van der Waals surface area contributed by atoms with Crippen molar-refractivity contribution in [1.82, 2.24) is 0 Å². The summed E-state index contributed by atoms with van der Waals surface area (Å²) in [5.74, 6) is 1.10. The number of Topliss-reactive ketones (excluding diaryl/α,β-unsaturated/α-hetero) is 2. The lowest BCUT2D eigenvalue weighted by molar-refractivity contribution is -0.142. The zero-order valence-electron chi connectivity index (χ0n) is 32.3. The van der Waals surface area contributed by atoms with Gasteiger partial charge in [0.15, 0.2) is 23.9 Å².